The Bertz CT molecular complexity index is 664. The lowest BCUT2D eigenvalue weighted by Gasteiger charge is -2.06. The van der Waals surface area contributed by atoms with Crippen LogP contribution in [0, 0.1) is 17.0 Å². The highest BCUT2D eigenvalue weighted by molar-refractivity contribution is 5.87. The number of hydrogen-bond acceptors (Lipinski definition) is 4. The molecule has 0 fully saturated rings. The summed E-state index contributed by atoms with van der Waals surface area (Å²) >= 11 is 0. The van der Waals surface area contributed by atoms with E-state index in [2.05, 4.69) is 0 Å². The molecule has 0 atom stereocenters. The zero-order valence-electron chi connectivity index (χ0n) is 10.6. The summed E-state index contributed by atoms with van der Waals surface area (Å²) in [6, 6.07) is 10.3. The Kier molecular flexibility index (Phi) is 3.65. The van der Waals surface area contributed by atoms with Gasteiger partial charge in [0.15, 0.2) is 0 Å². The molecular formula is C14H11NO5. The molecule has 0 heterocycles. The first-order chi connectivity index (χ1) is 9.47. The molecule has 6 heteroatoms. The molecule has 6 nitrogen and oxygen atoms in total. The minimum absolute atomic E-state index is 0.0235. The third kappa shape index (κ3) is 2.92. The van der Waals surface area contributed by atoms with E-state index in [1.54, 1.807) is 19.1 Å². The number of aromatic carboxylic acids is 1. The van der Waals surface area contributed by atoms with Crippen LogP contribution in [0.25, 0.3) is 0 Å². The molecule has 20 heavy (non-hydrogen) atoms. The summed E-state index contributed by atoms with van der Waals surface area (Å²) in [6.45, 7) is 1.64. The maximum Gasteiger partial charge on any atom is 0.335 e. The highest BCUT2D eigenvalue weighted by atomic mass is 16.6. The molecule has 102 valence electrons. The van der Waals surface area contributed by atoms with E-state index >= 15 is 0 Å². The van der Waals surface area contributed by atoms with Crippen LogP contribution in [0.3, 0.4) is 0 Å². The molecule has 0 saturated carbocycles. The summed E-state index contributed by atoms with van der Waals surface area (Å²) in [6.07, 6.45) is 0. The molecule has 0 radical (unpaired) electrons. The molecule has 0 aliphatic rings. The molecule has 0 amide bonds. The van der Waals surface area contributed by atoms with Gasteiger partial charge in [-0.3, -0.25) is 10.1 Å². The van der Waals surface area contributed by atoms with Crippen molar-refractivity contribution in [3.8, 4) is 11.5 Å². The van der Waals surface area contributed by atoms with E-state index in [0.29, 0.717) is 17.1 Å². The normalized spacial score (nSPS) is 10.1. The van der Waals surface area contributed by atoms with Gasteiger partial charge in [-0.25, -0.2) is 4.79 Å². The van der Waals surface area contributed by atoms with Crippen molar-refractivity contribution in [2.75, 3.05) is 0 Å². The van der Waals surface area contributed by atoms with Gasteiger partial charge in [-0.15, -0.1) is 0 Å². The molecule has 1 N–H and O–H groups in total. The average Bonchev–Trinajstić information content (AvgIpc) is 2.41. The topological polar surface area (TPSA) is 89.7 Å². The lowest BCUT2D eigenvalue weighted by Crippen LogP contribution is -1.96. The van der Waals surface area contributed by atoms with Gasteiger partial charge in [-0.2, -0.15) is 0 Å². The summed E-state index contributed by atoms with van der Waals surface area (Å²) in [5.74, 6) is -0.291. The molecule has 0 aliphatic carbocycles. The predicted octanol–water partition coefficient (Wildman–Crippen LogP) is 3.39. The smallest absolute Gasteiger partial charge is 0.335 e. The van der Waals surface area contributed by atoms with E-state index in [1.807, 2.05) is 0 Å². The SMILES string of the molecule is Cc1ccc(Oc2ccc(C(=O)O)cc2)cc1[N+](=O)[O-]. The predicted molar refractivity (Wildman–Crippen MR) is 71.3 cm³/mol. The number of carbonyl (C=O) groups is 1. The molecule has 2 aromatic rings. The number of benzene rings is 2. The van der Waals surface area contributed by atoms with Crippen molar-refractivity contribution in [2.24, 2.45) is 0 Å². The lowest BCUT2D eigenvalue weighted by molar-refractivity contribution is -0.385. The van der Waals surface area contributed by atoms with Gasteiger partial charge < -0.3 is 9.84 Å². The van der Waals surface area contributed by atoms with Crippen LogP contribution in [0.15, 0.2) is 42.5 Å². The van der Waals surface area contributed by atoms with Crippen LogP contribution in [0.5, 0.6) is 11.5 Å². The van der Waals surface area contributed by atoms with Crippen LogP contribution in [-0.2, 0) is 0 Å². The monoisotopic (exact) mass is 273 g/mol. The summed E-state index contributed by atoms with van der Waals surface area (Å²) in [5, 5.41) is 19.6. The Hall–Kier alpha value is -2.89. The van der Waals surface area contributed by atoms with Crippen molar-refractivity contribution in [2.45, 2.75) is 6.92 Å². The second-order valence-electron chi connectivity index (χ2n) is 4.14. The summed E-state index contributed by atoms with van der Waals surface area (Å²) in [7, 11) is 0. The summed E-state index contributed by atoms with van der Waals surface area (Å²) < 4.78 is 5.46. The molecule has 2 aromatic carbocycles. The van der Waals surface area contributed by atoms with Gasteiger partial charge in [0.05, 0.1) is 16.6 Å². The second-order valence-corrected chi connectivity index (χ2v) is 4.14. The van der Waals surface area contributed by atoms with E-state index in [1.165, 1.54) is 30.3 Å². The van der Waals surface area contributed by atoms with Crippen LogP contribution < -0.4 is 4.74 Å². The molecule has 0 aliphatic heterocycles. The van der Waals surface area contributed by atoms with Gasteiger partial charge in [-0.1, -0.05) is 0 Å². The van der Waals surface area contributed by atoms with Crippen LogP contribution in [0.2, 0.25) is 0 Å². The van der Waals surface area contributed by atoms with E-state index in [-0.39, 0.29) is 11.3 Å². The number of nitro groups is 1. The zero-order chi connectivity index (χ0) is 14.7. The van der Waals surface area contributed by atoms with Gasteiger partial charge >= 0.3 is 5.97 Å². The Morgan fingerprint density at radius 1 is 1.15 bits per heavy atom. The fourth-order valence-corrected chi connectivity index (χ4v) is 1.65. The van der Waals surface area contributed by atoms with E-state index in [9.17, 15) is 14.9 Å². The first kappa shape index (κ1) is 13.5. The molecular weight excluding hydrogens is 262 g/mol. The van der Waals surface area contributed by atoms with Gasteiger partial charge in [0.25, 0.3) is 5.69 Å². The Balaban J connectivity index is 2.23. The lowest BCUT2D eigenvalue weighted by atomic mass is 10.2. The van der Waals surface area contributed by atoms with Crippen molar-refractivity contribution in [3.05, 3.63) is 63.7 Å². The standard InChI is InChI=1S/C14H11NO5/c1-9-2-5-12(8-13(9)15(18)19)20-11-6-3-10(4-7-11)14(16)17/h2-8H,1H3,(H,16,17). The number of hydrogen-bond donors (Lipinski definition) is 1. The maximum absolute atomic E-state index is 10.8. The maximum atomic E-state index is 10.8. The van der Waals surface area contributed by atoms with E-state index in [0.717, 1.165) is 0 Å². The Morgan fingerprint density at radius 3 is 2.30 bits per heavy atom. The molecule has 0 unspecified atom stereocenters. The van der Waals surface area contributed by atoms with E-state index < -0.39 is 10.9 Å². The zero-order valence-corrected chi connectivity index (χ0v) is 10.6. The minimum Gasteiger partial charge on any atom is -0.478 e. The van der Waals surface area contributed by atoms with Crippen LogP contribution >= 0.6 is 0 Å². The number of carboxylic acid groups (broad SMARTS) is 1. The Labute approximate surface area is 114 Å². The number of nitrogens with zero attached hydrogens (tertiary/aromatic N) is 1. The number of rotatable bonds is 4. The molecule has 0 bridgehead atoms. The molecule has 0 spiro atoms. The molecule has 0 aromatic heterocycles. The van der Waals surface area contributed by atoms with Crippen LogP contribution in [0.4, 0.5) is 5.69 Å². The highest BCUT2D eigenvalue weighted by Gasteiger charge is 2.12. The van der Waals surface area contributed by atoms with Crippen molar-refractivity contribution >= 4 is 11.7 Å². The van der Waals surface area contributed by atoms with Crippen molar-refractivity contribution < 1.29 is 19.6 Å². The molecule has 2 rings (SSSR count). The van der Waals surface area contributed by atoms with E-state index in [4.69, 9.17) is 9.84 Å². The number of nitro benzene ring substituents is 1. The van der Waals surface area contributed by atoms with Crippen molar-refractivity contribution in [3.63, 3.8) is 0 Å². The highest BCUT2D eigenvalue weighted by Crippen LogP contribution is 2.27. The number of carboxylic acids is 1. The summed E-state index contributed by atoms with van der Waals surface area (Å²) in [4.78, 5) is 21.1. The minimum atomic E-state index is -1.03. The second kappa shape index (κ2) is 5.40. The first-order valence-electron chi connectivity index (χ1n) is 5.73. The third-order valence-electron chi connectivity index (χ3n) is 2.71. The third-order valence-corrected chi connectivity index (χ3v) is 2.71. The van der Waals surface area contributed by atoms with Crippen molar-refractivity contribution in [1.82, 2.24) is 0 Å². The van der Waals surface area contributed by atoms with Gasteiger partial charge in [-0.05, 0) is 43.3 Å². The quantitative estimate of drug-likeness (QED) is 0.681. The first-order valence-corrected chi connectivity index (χ1v) is 5.73. The summed E-state index contributed by atoms with van der Waals surface area (Å²) in [5.41, 5.74) is 0.667. The van der Waals surface area contributed by atoms with Gasteiger partial charge in [0.2, 0.25) is 0 Å². The van der Waals surface area contributed by atoms with Gasteiger partial charge in [0, 0.05) is 5.56 Å². The fraction of sp³-hybridized carbons (Fsp3) is 0.0714. The Morgan fingerprint density at radius 2 is 1.75 bits per heavy atom. The van der Waals surface area contributed by atoms with Crippen molar-refractivity contribution in [1.29, 1.82) is 0 Å². The number of aryl methyl sites for hydroxylation is 1. The van der Waals surface area contributed by atoms with Crippen LogP contribution in [0.1, 0.15) is 15.9 Å². The van der Waals surface area contributed by atoms with Gasteiger partial charge in [0.1, 0.15) is 11.5 Å². The fourth-order valence-electron chi connectivity index (χ4n) is 1.65. The largest absolute Gasteiger partial charge is 0.478 e. The average molecular weight is 273 g/mol. The number of ether oxygens (including phenoxy) is 1. The molecule has 0 saturated heterocycles. The van der Waals surface area contributed by atoms with Crippen LogP contribution in [-0.4, -0.2) is 16.0 Å².